The fraction of sp³-hybridized carbons (Fsp3) is 0.692. The molecule has 0 amide bonds. The second-order valence-electron chi connectivity index (χ2n) is 10.3. The molecule has 1 fully saturated rings. The zero-order chi connectivity index (χ0) is 22.1. The first-order valence-electron chi connectivity index (χ1n) is 11.8. The van der Waals surface area contributed by atoms with E-state index in [1.165, 1.54) is 18.1 Å². The summed E-state index contributed by atoms with van der Waals surface area (Å²) in [6, 6.07) is 0. The maximum absolute atomic E-state index is 12.8. The molecule has 3 aliphatic rings. The van der Waals surface area contributed by atoms with Gasteiger partial charge in [-0.05, 0) is 68.1 Å². The van der Waals surface area contributed by atoms with Gasteiger partial charge in [0.1, 0.15) is 5.76 Å². The monoisotopic (exact) mass is 413 g/mol. The number of carbonyl (C=O) groups excluding carboxylic acids is 2. The summed E-state index contributed by atoms with van der Waals surface area (Å²) in [5.74, 6) is -0.198. The molecule has 3 aliphatic carbocycles. The third kappa shape index (κ3) is 3.90. The number of aliphatic hydroxyl groups is 1. The van der Waals surface area contributed by atoms with Gasteiger partial charge in [0, 0.05) is 18.2 Å². The van der Waals surface area contributed by atoms with Gasteiger partial charge in [0.15, 0.2) is 0 Å². The molecule has 1 saturated carbocycles. The summed E-state index contributed by atoms with van der Waals surface area (Å²) in [6.07, 6.45) is 11.7. The van der Waals surface area contributed by atoms with Crippen LogP contribution in [0.1, 0.15) is 86.0 Å². The van der Waals surface area contributed by atoms with Crippen LogP contribution in [0.5, 0.6) is 0 Å². The second-order valence-corrected chi connectivity index (χ2v) is 10.3. The van der Waals surface area contributed by atoms with E-state index in [1.807, 2.05) is 0 Å². The molecule has 0 aliphatic heterocycles. The summed E-state index contributed by atoms with van der Waals surface area (Å²) >= 11 is 0. The molecule has 4 atom stereocenters. The number of nitrogens with one attached hydrogen (secondary N) is 1. The maximum Gasteiger partial charge on any atom is 0.232 e. The molecule has 0 aromatic rings. The number of hydrogen-bond acceptors (Lipinski definition) is 4. The minimum Gasteiger partial charge on any atom is -0.505 e. The average molecular weight is 414 g/mol. The highest BCUT2D eigenvalue weighted by Gasteiger charge is 2.54. The molecule has 30 heavy (non-hydrogen) atoms. The summed E-state index contributed by atoms with van der Waals surface area (Å²) < 4.78 is 0. The van der Waals surface area contributed by atoms with Crippen molar-refractivity contribution in [3.63, 3.8) is 0 Å². The molecule has 2 N–H and O–H groups in total. The Bertz CT molecular complexity index is 805. The van der Waals surface area contributed by atoms with Crippen molar-refractivity contribution in [3.8, 4) is 0 Å². The first-order valence-corrected chi connectivity index (χ1v) is 11.8. The van der Waals surface area contributed by atoms with Crippen LogP contribution >= 0.6 is 0 Å². The van der Waals surface area contributed by atoms with Crippen LogP contribution < -0.4 is 5.32 Å². The Kier molecular flexibility index (Phi) is 6.64. The predicted octanol–water partition coefficient (Wildman–Crippen LogP) is 5.80. The molecule has 0 aromatic carbocycles. The molecule has 0 heterocycles. The Morgan fingerprint density at radius 1 is 1.20 bits per heavy atom. The lowest BCUT2D eigenvalue weighted by molar-refractivity contribution is -0.132. The van der Waals surface area contributed by atoms with Gasteiger partial charge in [-0.1, -0.05) is 52.2 Å². The summed E-state index contributed by atoms with van der Waals surface area (Å²) in [4.78, 5) is 25.3. The van der Waals surface area contributed by atoms with Crippen molar-refractivity contribution in [1.82, 2.24) is 5.32 Å². The van der Waals surface area contributed by atoms with Gasteiger partial charge < -0.3 is 10.4 Å². The Labute approximate surface area is 181 Å². The Hall–Kier alpha value is -1.84. The number of rotatable bonds is 7. The number of unbranched alkanes of at least 4 members (excludes halogenated alkanes) is 2. The van der Waals surface area contributed by atoms with Gasteiger partial charge in [0.2, 0.25) is 11.6 Å². The summed E-state index contributed by atoms with van der Waals surface area (Å²) in [5, 5.41) is 14.2. The first-order chi connectivity index (χ1) is 14.1. The smallest absolute Gasteiger partial charge is 0.232 e. The highest BCUT2D eigenvalue weighted by atomic mass is 16.3. The number of ketones is 2. The van der Waals surface area contributed by atoms with E-state index in [0.717, 1.165) is 38.5 Å². The summed E-state index contributed by atoms with van der Waals surface area (Å²) in [6.45, 7) is 12.0. The second kappa shape index (κ2) is 8.72. The Morgan fingerprint density at radius 2 is 1.93 bits per heavy atom. The lowest BCUT2D eigenvalue weighted by atomic mass is 9.46. The van der Waals surface area contributed by atoms with Crippen LogP contribution in [0.4, 0.5) is 0 Å². The zero-order valence-electron chi connectivity index (χ0n) is 19.4. The molecule has 0 bridgehead atoms. The van der Waals surface area contributed by atoms with Crippen molar-refractivity contribution >= 4 is 11.6 Å². The molecule has 0 saturated heterocycles. The molecule has 0 aromatic heterocycles. The highest BCUT2D eigenvalue weighted by Crippen LogP contribution is 2.62. The molecular weight excluding hydrogens is 374 g/mol. The van der Waals surface area contributed by atoms with E-state index in [9.17, 15) is 14.7 Å². The van der Waals surface area contributed by atoms with E-state index in [2.05, 4.69) is 46.0 Å². The van der Waals surface area contributed by atoms with E-state index < -0.39 is 11.6 Å². The zero-order valence-corrected chi connectivity index (χ0v) is 19.4. The van der Waals surface area contributed by atoms with Gasteiger partial charge in [-0.3, -0.25) is 9.59 Å². The lowest BCUT2D eigenvalue weighted by Crippen LogP contribution is -2.50. The van der Waals surface area contributed by atoms with Crippen molar-refractivity contribution in [2.75, 3.05) is 6.54 Å². The van der Waals surface area contributed by atoms with Crippen LogP contribution in [-0.2, 0) is 9.59 Å². The molecule has 4 nitrogen and oxygen atoms in total. The number of Topliss-reactive ketones (excluding diaryl/α,β-unsaturated/α-hetero) is 1. The Morgan fingerprint density at radius 3 is 2.63 bits per heavy atom. The van der Waals surface area contributed by atoms with Crippen LogP contribution in [0, 0.1) is 22.7 Å². The van der Waals surface area contributed by atoms with Gasteiger partial charge in [-0.15, -0.1) is 0 Å². The van der Waals surface area contributed by atoms with E-state index in [4.69, 9.17) is 0 Å². The van der Waals surface area contributed by atoms with Gasteiger partial charge in [-0.2, -0.15) is 0 Å². The molecule has 0 unspecified atom stereocenters. The standard InChI is InChI=1S/C26H39NO3/c1-6-7-8-14-27-20-15-21(28)24(30)19(23(20)29)16-26(5)18(3)12-13-25(4)17(2)10-9-11-22(25)26/h10,15,18,22,27,29H,6-9,11-14,16H2,1-5H3/t18-,22+,25+,26+/m0/s1. The van der Waals surface area contributed by atoms with Crippen molar-refractivity contribution in [1.29, 1.82) is 0 Å². The number of allylic oxidation sites excluding steroid dienone is 4. The molecule has 3 rings (SSSR count). The van der Waals surface area contributed by atoms with Crippen molar-refractivity contribution < 1.29 is 14.7 Å². The van der Waals surface area contributed by atoms with Crippen LogP contribution in [0.15, 0.2) is 34.8 Å². The first kappa shape index (κ1) is 22.8. The van der Waals surface area contributed by atoms with Gasteiger partial charge in [-0.25, -0.2) is 0 Å². The molecule has 0 radical (unpaired) electrons. The van der Waals surface area contributed by atoms with Crippen molar-refractivity contribution in [3.05, 3.63) is 34.8 Å². The Balaban J connectivity index is 1.91. The number of carbonyl (C=O) groups is 2. The fourth-order valence-electron chi connectivity index (χ4n) is 6.17. The van der Waals surface area contributed by atoms with Crippen molar-refractivity contribution in [2.24, 2.45) is 22.7 Å². The summed E-state index contributed by atoms with van der Waals surface area (Å²) in [5.41, 5.74) is 2.19. The van der Waals surface area contributed by atoms with E-state index in [1.54, 1.807) is 0 Å². The van der Waals surface area contributed by atoms with Gasteiger partial charge in [0.05, 0.1) is 5.70 Å². The molecular formula is C26H39NO3. The number of fused-ring (bicyclic) bond motifs is 1. The van der Waals surface area contributed by atoms with E-state index in [-0.39, 0.29) is 16.6 Å². The van der Waals surface area contributed by atoms with Crippen LogP contribution in [0.2, 0.25) is 0 Å². The van der Waals surface area contributed by atoms with Gasteiger partial charge >= 0.3 is 0 Å². The highest BCUT2D eigenvalue weighted by molar-refractivity contribution is 6.48. The predicted molar refractivity (Wildman–Crippen MR) is 121 cm³/mol. The molecule has 4 heteroatoms. The third-order valence-electron chi connectivity index (χ3n) is 8.56. The van der Waals surface area contributed by atoms with Crippen molar-refractivity contribution in [2.45, 2.75) is 86.0 Å². The molecule has 0 spiro atoms. The number of hydrogen-bond donors (Lipinski definition) is 2. The lowest BCUT2D eigenvalue weighted by Gasteiger charge is -2.58. The largest absolute Gasteiger partial charge is 0.505 e. The minimum atomic E-state index is -0.532. The molecule has 166 valence electrons. The maximum atomic E-state index is 12.8. The normalized spacial score (nSPS) is 34.4. The van der Waals surface area contributed by atoms with Crippen LogP contribution in [0.25, 0.3) is 0 Å². The van der Waals surface area contributed by atoms with E-state index in [0.29, 0.717) is 36.1 Å². The topological polar surface area (TPSA) is 66.4 Å². The van der Waals surface area contributed by atoms with Crippen LogP contribution in [-0.4, -0.2) is 23.2 Å². The number of aliphatic hydroxyl groups excluding tert-OH is 1. The quantitative estimate of drug-likeness (QED) is 0.239. The SMILES string of the molecule is CCCCCNC1=CC(=O)C(=O)C(C[C@]2(C)[C@@H](C)CC[C@]3(C)C(C)=CCC[C@@H]23)=C1O. The average Bonchev–Trinajstić information content (AvgIpc) is 2.71. The fourth-order valence-corrected chi connectivity index (χ4v) is 6.17. The minimum absolute atomic E-state index is 0.0140. The van der Waals surface area contributed by atoms with Crippen LogP contribution in [0.3, 0.4) is 0 Å². The van der Waals surface area contributed by atoms with E-state index >= 15 is 0 Å². The summed E-state index contributed by atoms with van der Waals surface area (Å²) in [7, 11) is 0. The third-order valence-corrected chi connectivity index (χ3v) is 8.56. The van der Waals surface area contributed by atoms with Gasteiger partial charge in [0.25, 0.3) is 0 Å².